The van der Waals surface area contributed by atoms with Crippen LogP contribution in [-0.4, -0.2) is 31.3 Å². The van der Waals surface area contributed by atoms with E-state index in [1.807, 2.05) is 0 Å². The van der Waals surface area contributed by atoms with Crippen molar-refractivity contribution in [1.29, 1.82) is 0 Å². The molecule has 1 unspecified atom stereocenters. The average Bonchev–Trinajstić information content (AvgIpc) is 2.92. The van der Waals surface area contributed by atoms with Crippen molar-refractivity contribution in [1.82, 2.24) is 5.32 Å². The van der Waals surface area contributed by atoms with E-state index in [2.05, 4.69) is 26.1 Å². The van der Waals surface area contributed by atoms with Gasteiger partial charge in [0.05, 0.1) is 11.7 Å². The largest absolute Gasteiger partial charge is 0.475 e. The lowest BCUT2D eigenvalue weighted by Gasteiger charge is -2.64. The highest BCUT2D eigenvalue weighted by Crippen LogP contribution is 2.65. The number of nitrogens with one attached hydrogen (secondary N) is 1. The Kier molecular flexibility index (Phi) is 2.30. The minimum atomic E-state index is -0.0345. The zero-order valence-electron chi connectivity index (χ0n) is 11.7. The third-order valence-corrected chi connectivity index (χ3v) is 6.40. The van der Waals surface area contributed by atoms with Gasteiger partial charge < -0.3 is 14.6 Å². The molecule has 2 bridgehead atoms. The molecule has 3 saturated carbocycles. The second-order valence-corrected chi connectivity index (χ2v) is 7.54. The topological polar surface area (TPSA) is 30.5 Å². The monoisotopic (exact) mass is 249 g/mol. The average molecular weight is 249 g/mol. The molecule has 2 aliphatic heterocycles. The molecule has 3 aliphatic carbocycles. The van der Waals surface area contributed by atoms with Crippen LogP contribution >= 0.6 is 0 Å². The van der Waals surface area contributed by atoms with Crippen LogP contribution in [0.5, 0.6) is 0 Å². The Labute approximate surface area is 110 Å². The number of hydrogen-bond donors (Lipinski definition) is 1. The van der Waals surface area contributed by atoms with Crippen LogP contribution in [-0.2, 0) is 9.31 Å². The van der Waals surface area contributed by atoms with Crippen molar-refractivity contribution in [3.05, 3.63) is 0 Å². The van der Waals surface area contributed by atoms with Crippen molar-refractivity contribution in [2.45, 2.75) is 64.1 Å². The molecule has 100 valence electrons. The summed E-state index contributed by atoms with van der Waals surface area (Å²) in [5.41, 5.74) is 0.416. The molecule has 5 aliphatic rings. The van der Waals surface area contributed by atoms with Gasteiger partial charge in [0, 0.05) is 5.94 Å². The molecule has 2 saturated heterocycles. The highest BCUT2D eigenvalue weighted by molar-refractivity contribution is 6.47. The summed E-state index contributed by atoms with van der Waals surface area (Å²) in [4.78, 5) is 0. The molecule has 0 radical (unpaired) electrons. The summed E-state index contributed by atoms with van der Waals surface area (Å²) in [5.74, 6) is 1.95. The Morgan fingerprint density at radius 3 is 2.72 bits per heavy atom. The standard InChI is InChI=1S/C14H24BNO2/c1-13(2)9-7-10(13)14(3)11(8-9)17-15(18-14)12-5-4-6-16-12/h9-12,16H,4-8H2,1-3H3/t9-,10-,11?,12+,14+/m1/s1. The highest BCUT2D eigenvalue weighted by atomic mass is 16.7. The molecule has 1 N–H and O–H groups in total. The fraction of sp³-hybridized carbons (Fsp3) is 1.00. The lowest BCUT2D eigenvalue weighted by molar-refractivity contribution is -0.199. The second-order valence-electron chi connectivity index (χ2n) is 7.54. The summed E-state index contributed by atoms with van der Waals surface area (Å²) in [5, 5.41) is 3.52. The quantitative estimate of drug-likeness (QED) is 0.721. The molecule has 0 amide bonds. The highest BCUT2D eigenvalue weighted by Gasteiger charge is 2.68. The van der Waals surface area contributed by atoms with Gasteiger partial charge in [0.2, 0.25) is 0 Å². The van der Waals surface area contributed by atoms with Crippen molar-refractivity contribution < 1.29 is 9.31 Å². The van der Waals surface area contributed by atoms with Crippen LogP contribution in [0.2, 0.25) is 0 Å². The van der Waals surface area contributed by atoms with Crippen molar-refractivity contribution in [3.63, 3.8) is 0 Å². The van der Waals surface area contributed by atoms with E-state index in [1.165, 1.54) is 25.7 Å². The molecule has 0 aromatic rings. The van der Waals surface area contributed by atoms with E-state index in [0.717, 1.165) is 12.5 Å². The Hall–Kier alpha value is -0.0551. The van der Waals surface area contributed by atoms with Crippen molar-refractivity contribution in [2.24, 2.45) is 17.3 Å². The summed E-state index contributed by atoms with van der Waals surface area (Å²) in [7, 11) is -0.00218. The lowest BCUT2D eigenvalue weighted by atomic mass is 9.43. The maximum Gasteiger partial charge on any atom is 0.475 e. The first-order valence-electron chi connectivity index (χ1n) is 7.58. The van der Waals surface area contributed by atoms with Crippen LogP contribution in [0, 0.1) is 17.3 Å². The van der Waals surface area contributed by atoms with Gasteiger partial charge in [-0.3, -0.25) is 0 Å². The lowest BCUT2D eigenvalue weighted by Crippen LogP contribution is -2.65. The molecule has 3 nitrogen and oxygen atoms in total. The van der Waals surface area contributed by atoms with Gasteiger partial charge in [0.15, 0.2) is 0 Å². The normalized spacial score (nSPS) is 53.2. The molecular weight excluding hydrogens is 225 g/mol. The molecule has 5 atom stereocenters. The van der Waals surface area contributed by atoms with E-state index in [4.69, 9.17) is 9.31 Å². The summed E-state index contributed by atoms with van der Waals surface area (Å²) < 4.78 is 12.7. The van der Waals surface area contributed by atoms with E-state index < -0.39 is 0 Å². The van der Waals surface area contributed by atoms with E-state index in [-0.39, 0.29) is 12.7 Å². The smallest absolute Gasteiger partial charge is 0.404 e. The minimum absolute atomic E-state index is 0.00218. The summed E-state index contributed by atoms with van der Waals surface area (Å²) in [6.07, 6.45) is 5.33. The number of hydrogen-bond acceptors (Lipinski definition) is 3. The van der Waals surface area contributed by atoms with Crippen LogP contribution in [0.3, 0.4) is 0 Å². The molecule has 18 heavy (non-hydrogen) atoms. The van der Waals surface area contributed by atoms with Crippen molar-refractivity contribution >= 4 is 7.12 Å². The molecule has 0 aromatic heterocycles. The Balaban J connectivity index is 1.57. The first-order valence-corrected chi connectivity index (χ1v) is 7.58. The van der Waals surface area contributed by atoms with E-state index in [1.54, 1.807) is 0 Å². The second kappa shape index (κ2) is 3.53. The first kappa shape index (κ1) is 11.7. The maximum absolute atomic E-state index is 6.44. The zero-order valence-corrected chi connectivity index (χ0v) is 11.7. The fourth-order valence-corrected chi connectivity index (χ4v) is 5.01. The molecule has 5 fully saturated rings. The summed E-state index contributed by atoms with van der Waals surface area (Å²) in [6, 6.07) is 0. The van der Waals surface area contributed by atoms with Gasteiger partial charge in [-0.05, 0) is 56.4 Å². The van der Waals surface area contributed by atoms with E-state index in [0.29, 0.717) is 23.4 Å². The van der Waals surface area contributed by atoms with Crippen LogP contribution in [0.1, 0.15) is 46.5 Å². The molecular formula is C14H24BNO2. The van der Waals surface area contributed by atoms with Gasteiger partial charge >= 0.3 is 7.12 Å². The van der Waals surface area contributed by atoms with Crippen molar-refractivity contribution in [2.75, 3.05) is 6.54 Å². The predicted octanol–water partition coefficient (Wildman–Crippen LogP) is 2.01. The van der Waals surface area contributed by atoms with Crippen LogP contribution in [0.4, 0.5) is 0 Å². The van der Waals surface area contributed by atoms with Crippen LogP contribution < -0.4 is 5.32 Å². The molecule has 0 aromatic carbocycles. The fourth-order valence-electron chi connectivity index (χ4n) is 5.01. The molecule has 4 heteroatoms. The van der Waals surface area contributed by atoms with Crippen LogP contribution in [0.15, 0.2) is 0 Å². The molecule has 5 rings (SSSR count). The van der Waals surface area contributed by atoms with Gasteiger partial charge in [0.1, 0.15) is 0 Å². The first-order chi connectivity index (χ1) is 8.52. The van der Waals surface area contributed by atoms with Gasteiger partial charge in [-0.15, -0.1) is 0 Å². The third-order valence-electron chi connectivity index (χ3n) is 6.40. The number of rotatable bonds is 1. The Bertz CT molecular complexity index is 369. The molecule has 2 heterocycles. The third kappa shape index (κ3) is 1.32. The van der Waals surface area contributed by atoms with Crippen molar-refractivity contribution in [3.8, 4) is 0 Å². The minimum Gasteiger partial charge on any atom is -0.404 e. The van der Waals surface area contributed by atoms with E-state index in [9.17, 15) is 0 Å². The SMILES string of the molecule is CC1(C)[C@H]2CC3OB([C@@H]4CCCN4)O[C@@]3(C)[C@@H]1C2. The predicted molar refractivity (Wildman–Crippen MR) is 71.1 cm³/mol. The van der Waals surface area contributed by atoms with Gasteiger partial charge in [-0.2, -0.15) is 0 Å². The summed E-state index contributed by atoms with van der Waals surface area (Å²) >= 11 is 0. The summed E-state index contributed by atoms with van der Waals surface area (Å²) in [6.45, 7) is 8.25. The molecule has 0 spiro atoms. The van der Waals surface area contributed by atoms with Crippen LogP contribution in [0.25, 0.3) is 0 Å². The van der Waals surface area contributed by atoms with Gasteiger partial charge in [0.25, 0.3) is 0 Å². The maximum atomic E-state index is 6.44. The van der Waals surface area contributed by atoms with E-state index >= 15 is 0 Å². The van der Waals surface area contributed by atoms with Gasteiger partial charge in [-0.25, -0.2) is 0 Å². The Morgan fingerprint density at radius 1 is 1.22 bits per heavy atom. The van der Waals surface area contributed by atoms with Gasteiger partial charge in [-0.1, -0.05) is 13.8 Å². The Morgan fingerprint density at radius 2 is 2.06 bits per heavy atom. The zero-order chi connectivity index (χ0) is 12.5.